The van der Waals surface area contributed by atoms with Crippen molar-refractivity contribution in [3.05, 3.63) is 127 Å². The first-order valence-electron chi connectivity index (χ1n) is 22.5. The van der Waals surface area contributed by atoms with Crippen molar-refractivity contribution in [1.82, 2.24) is 45.5 Å². The van der Waals surface area contributed by atoms with E-state index in [4.69, 9.17) is 10.5 Å². The topological polar surface area (TPSA) is 158 Å². The Hall–Kier alpha value is -6.41. The number of nitrogens with zero attached hydrogens (tertiary/aromatic N) is 6. The molecule has 2 aliphatic rings. The molecule has 2 atom stereocenters. The maximum atomic E-state index is 14.0. The predicted octanol–water partition coefficient (Wildman–Crippen LogP) is 7.95. The molecule has 2 fully saturated rings. The first-order valence-corrected chi connectivity index (χ1v) is 22.5. The lowest BCUT2D eigenvalue weighted by Crippen LogP contribution is -2.50. The second kappa shape index (κ2) is 20.0. The highest BCUT2D eigenvalue weighted by Crippen LogP contribution is 2.35. The number of anilines is 1. The zero-order valence-electron chi connectivity index (χ0n) is 37.4. The normalized spacial score (nSPS) is 16.4. The van der Waals surface area contributed by atoms with E-state index < -0.39 is 0 Å². The number of likely N-dealkylation sites (tertiary alicyclic amines) is 2. The quantitative estimate of drug-likeness (QED) is 0.0748. The van der Waals surface area contributed by atoms with E-state index in [2.05, 4.69) is 98.1 Å². The molecule has 13 nitrogen and oxygen atoms in total. The molecule has 0 spiro atoms. The standard InChI is InChI=1S/C51H60N10O3/c1-6-60(32-33(2)61-22-18-42(19-23-61)56-51(63)49-47-27-37(13-15-48(47)57-58-49)38-24-40(52)30-53-28-38)35(4)45-14-12-36(39-25-44(31-54-29-39)64-43-10-8-7-9-11-43)26-46(45)34(3)50(62)55-41-16-20-59(5)21-17-41/h7-15,24-31,33,35,41-42H,3,6,16-23,32,52H2,1-2,4-5H3,(H,55,62)(H,56,63)(H,57,58). The van der Waals surface area contributed by atoms with Gasteiger partial charge in [0.25, 0.3) is 11.8 Å². The lowest BCUT2D eigenvalue weighted by molar-refractivity contribution is -0.116. The van der Waals surface area contributed by atoms with Crippen LogP contribution in [0.4, 0.5) is 5.69 Å². The van der Waals surface area contributed by atoms with Gasteiger partial charge in [-0.25, -0.2) is 0 Å². The van der Waals surface area contributed by atoms with Crippen molar-refractivity contribution in [2.45, 2.75) is 70.6 Å². The van der Waals surface area contributed by atoms with Gasteiger partial charge in [-0.1, -0.05) is 49.9 Å². The van der Waals surface area contributed by atoms with Crippen LogP contribution in [0.1, 0.15) is 74.1 Å². The van der Waals surface area contributed by atoms with Crippen molar-refractivity contribution in [3.63, 3.8) is 0 Å². The first kappa shape index (κ1) is 44.2. The van der Waals surface area contributed by atoms with E-state index in [-0.39, 0.29) is 36.0 Å². The van der Waals surface area contributed by atoms with Crippen LogP contribution < -0.4 is 21.1 Å². The number of piperidine rings is 2. The van der Waals surface area contributed by atoms with Crippen LogP contribution in [0.2, 0.25) is 0 Å². The Kier molecular flexibility index (Phi) is 13.8. The van der Waals surface area contributed by atoms with Crippen molar-refractivity contribution in [1.29, 1.82) is 0 Å². The average molecular weight is 861 g/mol. The van der Waals surface area contributed by atoms with Gasteiger partial charge >= 0.3 is 0 Å². The van der Waals surface area contributed by atoms with Crippen LogP contribution in [0, 0.1) is 0 Å². The maximum absolute atomic E-state index is 14.0. The fraction of sp³-hybridized carbons (Fsp3) is 0.353. The summed E-state index contributed by atoms with van der Waals surface area (Å²) in [4.78, 5) is 43.6. The first-order chi connectivity index (χ1) is 31.0. The van der Waals surface area contributed by atoms with E-state index in [1.807, 2.05) is 66.9 Å². The third kappa shape index (κ3) is 10.3. The van der Waals surface area contributed by atoms with Gasteiger partial charge in [-0.05, 0) is 131 Å². The lowest BCUT2D eigenvalue weighted by Gasteiger charge is -2.40. The number of nitrogen functional groups attached to an aromatic ring is 1. The molecule has 3 aromatic heterocycles. The number of benzene rings is 3. The molecule has 2 amide bonds. The van der Waals surface area contributed by atoms with Crippen LogP contribution in [0.3, 0.4) is 0 Å². The van der Waals surface area contributed by atoms with Gasteiger partial charge in [-0.2, -0.15) is 5.10 Å². The molecule has 2 saturated heterocycles. The number of nitrogens with one attached hydrogen (secondary N) is 3. The van der Waals surface area contributed by atoms with E-state index in [1.165, 1.54) is 0 Å². The lowest BCUT2D eigenvalue weighted by atomic mass is 9.90. The minimum absolute atomic E-state index is 0.00761. The number of hydrogen-bond donors (Lipinski definition) is 4. The molecule has 332 valence electrons. The fourth-order valence-corrected chi connectivity index (χ4v) is 9.10. The van der Waals surface area contributed by atoms with E-state index in [1.54, 1.807) is 18.6 Å². The number of ether oxygens (including phenoxy) is 1. The number of carbonyl (C=O) groups excluding carboxylic acids is 2. The smallest absolute Gasteiger partial charge is 0.272 e. The number of nitrogens with two attached hydrogens (primary N) is 1. The van der Waals surface area contributed by atoms with Gasteiger partial charge in [-0.15, -0.1) is 0 Å². The summed E-state index contributed by atoms with van der Waals surface area (Å²) in [6.45, 7) is 16.4. The summed E-state index contributed by atoms with van der Waals surface area (Å²) in [5.41, 5.74) is 13.7. The molecule has 8 rings (SSSR count). The molecule has 0 bridgehead atoms. The maximum Gasteiger partial charge on any atom is 0.272 e. The minimum Gasteiger partial charge on any atom is -0.456 e. The summed E-state index contributed by atoms with van der Waals surface area (Å²) in [6, 6.07) is 26.1. The molecule has 3 aromatic carbocycles. The number of carbonyl (C=O) groups is 2. The monoisotopic (exact) mass is 860 g/mol. The number of para-hydroxylation sites is 1. The number of aromatic amines is 1. The van der Waals surface area contributed by atoms with Crippen LogP contribution in [-0.2, 0) is 4.79 Å². The number of aromatic nitrogens is 4. The zero-order valence-corrected chi connectivity index (χ0v) is 37.4. The Morgan fingerprint density at radius 3 is 2.23 bits per heavy atom. The predicted molar refractivity (Wildman–Crippen MR) is 255 cm³/mol. The Morgan fingerprint density at radius 1 is 0.828 bits per heavy atom. The van der Waals surface area contributed by atoms with E-state index in [0.29, 0.717) is 22.7 Å². The van der Waals surface area contributed by atoms with Gasteiger partial charge in [0.1, 0.15) is 11.5 Å². The number of H-pyrrole nitrogens is 1. The highest BCUT2D eigenvalue weighted by atomic mass is 16.5. The van der Waals surface area contributed by atoms with Crippen molar-refractivity contribution in [2.75, 3.05) is 52.0 Å². The largest absolute Gasteiger partial charge is 0.456 e. The molecule has 64 heavy (non-hydrogen) atoms. The third-order valence-corrected chi connectivity index (χ3v) is 13.0. The van der Waals surface area contributed by atoms with Gasteiger partial charge in [0, 0.05) is 84.5 Å². The second-order valence-corrected chi connectivity index (χ2v) is 17.4. The number of amides is 2. The molecular formula is C51H60N10O3. The van der Waals surface area contributed by atoms with Crippen molar-refractivity contribution >= 4 is 34.0 Å². The Morgan fingerprint density at radius 2 is 1.50 bits per heavy atom. The number of hydrogen-bond acceptors (Lipinski definition) is 10. The number of likely N-dealkylation sites (N-methyl/N-ethyl adjacent to an activating group) is 1. The Bertz CT molecular complexity index is 2580. The molecule has 13 heteroatoms. The SMILES string of the molecule is C=C(C(=O)NC1CCN(C)CC1)c1cc(-c2cncc(Oc3ccccc3)c2)ccc1C(C)N(CC)CC(C)N1CCC(NC(=O)c2n[nH]c3ccc(-c4cncc(N)c4)cc23)CC1. The van der Waals surface area contributed by atoms with Gasteiger partial charge in [0.2, 0.25) is 0 Å². The van der Waals surface area contributed by atoms with Gasteiger partial charge in [-0.3, -0.25) is 34.5 Å². The van der Waals surface area contributed by atoms with Gasteiger partial charge < -0.3 is 26.0 Å². The van der Waals surface area contributed by atoms with E-state index >= 15 is 0 Å². The molecule has 2 unspecified atom stereocenters. The molecule has 5 N–H and O–H groups in total. The van der Waals surface area contributed by atoms with Crippen molar-refractivity contribution < 1.29 is 14.3 Å². The summed E-state index contributed by atoms with van der Waals surface area (Å²) in [5.74, 6) is 1.05. The van der Waals surface area contributed by atoms with Crippen molar-refractivity contribution in [3.8, 4) is 33.8 Å². The molecule has 0 radical (unpaired) electrons. The molecule has 6 aromatic rings. The Balaban J connectivity index is 0.939. The number of pyridine rings is 2. The van der Waals surface area contributed by atoms with E-state index in [0.717, 1.165) is 115 Å². The molecular weight excluding hydrogens is 801 g/mol. The van der Waals surface area contributed by atoms with E-state index in [9.17, 15) is 9.59 Å². The highest BCUT2D eigenvalue weighted by molar-refractivity contribution is 6.19. The molecule has 2 aliphatic heterocycles. The van der Waals surface area contributed by atoms with Crippen LogP contribution in [0.25, 0.3) is 38.7 Å². The summed E-state index contributed by atoms with van der Waals surface area (Å²) in [6.07, 6.45) is 10.4. The van der Waals surface area contributed by atoms with Crippen molar-refractivity contribution in [2.24, 2.45) is 0 Å². The van der Waals surface area contributed by atoms with Crippen LogP contribution in [0.5, 0.6) is 11.5 Å². The average Bonchev–Trinajstić information content (AvgIpc) is 3.75. The summed E-state index contributed by atoms with van der Waals surface area (Å²) in [7, 11) is 2.12. The van der Waals surface area contributed by atoms with Crippen LogP contribution in [-0.4, -0.2) is 111 Å². The Labute approximate surface area is 376 Å². The minimum atomic E-state index is -0.181. The summed E-state index contributed by atoms with van der Waals surface area (Å²) >= 11 is 0. The molecule has 0 aliphatic carbocycles. The molecule has 5 heterocycles. The molecule has 0 saturated carbocycles. The van der Waals surface area contributed by atoms with Gasteiger partial charge in [0.05, 0.1) is 17.4 Å². The highest BCUT2D eigenvalue weighted by Gasteiger charge is 2.29. The fourth-order valence-electron chi connectivity index (χ4n) is 9.10. The van der Waals surface area contributed by atoms with Crippen LogP contribution in [0.15, 0.2) is 110 Å². The third-order valence-electron chi connectivity index (χ3n) is 13.0. The zero-order chi connectivity index (χ0) is 44.7. The summed E-state index contributed by atoms with van der Waals surface area (Å²) in [5, 5.41) is 14.8. The number of fused-ring (bicyclic) bond motifs is 1. The second-order valence-electron chi connectivity index (χ2n) is 17.4. The number of rotatable bonds is 15. The van der Waals surface area contributed by atoms with Crippen LogP contribution >= 0.6 is 0 Å². The summed E-state index contributed by atoms with van der Waals surface area (Å²) < 4.78 is 6.13. The van der Waals surface area contributed by atoms with Gasteiger partial charge in [0.15, 0.2) is 5.69 Å².